The Balaban J connectivity index is 0.000000162. The summed E-state index contributed by atoms with van der Waals surface area (Å²) in [4.78, 5) is 3.00. The Bertz CT molecular complexity index is 91.3. The van der Waals surface area contributed by atoms with Crippen LogP contribution in [0.3, 0.4) is 0 Å². The maximum Gasteiger partial charge on any atom is 0.00506 e. The van der Waals surface area contributed by atoms with Crippen molar-refractivity contribution in [2.24, 2.45) is 0 Å². The second-order valence-corrected chi connectivity index (χ2v) is 6.70. The van der Waals surface area contributed by atoms with E-state index < -0.39 is 0 Å². The van der Waals surface area contributed by atoms with Crippen molar-refractivity contribution in [1.29, 1.82) is 0 Å². The van der Waals surface area contributed by atoms with Crippen molar-refractivity contribution in [3.05, 3.63) is 30.7 Å². The van der Waals surface area contributed by atoms with E-state index in [4.69, 9.17) is 0 Å². The molecule has 0 atom stereocenters. The number of hydrogen-bond donors (Lipinski definition) is 0. The van der Waals surface area contributed by atoms with Crippen LogP contribution >= 0.6 is 0 Å². The first-order valence-electron chi connectivity index (χ1n) is 3.90. The average Bonchev–Trinajstić information content (AvgIpc) is 2.44. The van der Waals surface area contributed by atoms with Gasteiger partial charge in [0.15, 0.2) is 0 Å². The van der Waals surface area contributed by atoms with Crippen LogP contribution in [0.4, 0.5) is 0 Å². The van der Waals surface area contributed by atoms with E-state index >= 15 is 0 Å². The van der Waals surface area contributed by atoms with Gasteiger partial charge in [0.05, 0.1) is 0 Å². The van der Waals surface area contributed by atoms with Crippen LogP contribution in [0.1, 0.15) is 13.8 Å². The molecular formula is C9H15Ga. The zero-order valence-electron chi connectivity index (χ0n) is 6.88. The van der Waals surface area contributed by atoms with E-state index in [9.17, 15) is 0 Å². The molecule has 0 aromatic carbocycles. The Morgan fingerprint density at radius 3 is 1.50 bits per heavy atom. The molecule has 1 heteroatoms. The minimum atomic E-state index is 0.312. The molecule has 0 amide bonds. The molecule has 0 heterocycles. The van der Waals surface area contributed by atoms with Gasteiger partial charge in [-0.2, -0.15) is 0 Å². The van der Waals surface area contributed by atoms with Crippen molar-refractivity contribution in [1.82, 2.24) is 0 Å². The predicted molar refractivity (Wildman–Crippen MR) is 49.3 cm³/mol. The summed E-state index contributed by atoms with van der Waals surface area (Å²) >= 11 is 0.312. The normalized spacial score (nSPS) is 12.6. The largest absolute Gasteiger partial charge is 0.0767 e. The average molecular weight is 193 g/mol. The van der Waals surface area contributed by atoms with E-state index in [0.29, 0.717) is 17.4 Å². The van der Waals surface area contributed by atoms with Gasteiger partial charge in [-0.25, -0.2) is 0 Å². The minimum absolute atomic E-state index is 0.312. The third kappa shape index (κ3) is 8.12. The molecule has 0 N–H and O–H groups in total. The Morgan fingerprint density at radius 2 is 1.40 bits per heavy atom. The molecule has 2 radical (unpaired) electrons. The Hall–Kier alpha value is 0.116. The maximum atomic E-state index is 2.28. The molecule has 0 bridgehead atoms. The molecule has 0 spiro atoms. The molecule has 1 aliphatic rings. The molecule has 0 unspecified atom stereocenters. The Kier molecular flexibility index (Phi) is 9.22. The van der Waals surface area contributed by atoms with Crippen LogP contribution < -0.4 is 0 Å². The summed E-state index contributed by atoms with van der Waals surface area (Å²) in [5.41, 5.74) is 0. The second-order valence-electron chi connectivity index (χ2n) is 2.07. The monoisotopic (exact) mass is 192 g/mol. The van der Waals surface area contributed by atoms with Gasteiger partial charge >= 0.3 is 41.2 Å². The number of hydrogen-bond acceptors (Lipinski definition) is 0. The van der Waals surface area contributed by atoms with Crippen LogP contribution in [0, 0.1) is 6.42 Å². The molecule has 0 nitrogen and oxygen atoms in total. The van der Waals surface area contributed by atoms with Gasteiger partial charge in [-0.3, -0.25) is 0 Å². The molecule has 0 aromatic rings. The standard InChI is InChI=1S/C5H5.2C2H5.Ga/c1-2-4-5-3-1;2*1-2;/h1-5H;2*1H2,2H3;. The van der Waals surface area contributed by atoms with Crippen molar-refractivity contribution in [2.45, 2.75) is 23.8 Å². The van der Waals surface area contributed by atoms with Crippen molar-refractivity contribution in [3.63, 3.8) is 0 Å². The molecule has 0 fully saturated rings. The zero-order valence-corrected chi connectivity index (χ0v) is 9.30. The fraction of sp³-hybridized carbons (Fsp3) is 0.444. The first-order chi connectivity index (χ1) is 4.91. The molecular weight excluding hydrogens is 178 g/mol. The molecule has 0 saturated carbocycles. The fourth-order valence-corrected chi connectivity index (χ4v) is 1.82. The van der Waals surface area contributed by atoms with Crippen molar-refractivity contribution in [3.8, 4) is 0 Å². The summed E-state index contributed by atoms with van der Waals surface area (Å²) in [6.07, 6.45) is 10.0. The summed E-state index contributed by atoms with van der Waals surface area (Å²) in [7, 11) is 0. The van der Waals surface area contributed by atoms with E-state index in [1.807, 2.05) is 30.7 Å². The topological polar surface area (TPSA) is 0 Å². The van der Waals surface area contributed by atoms with Crippen molar-refractivity contribution >= 4 is 17.4 Å². The third-order valence-corrected chi connectivity index (χ3v) is 3.56. The van der Waals surface area contributed by atoms with E-state index in [-0.39, 0.29) is 0 Å². The smallest absolute Gasteiger partial charge is 0.00506 e. The van der Waals surface area contributed by atoms with Gasteiger partial charge in [0.25, 0.3) is 0 Å². The van der Waals surface area contributed by atoms with Crippen LogP contribution in [0.25, 0.3) is 0 Å². The van der Waals surface area contributed by atoms with Crippen LogP contribution in [0.15, 0.2) is 24.3 Å². The third-order valence-electron chi connectivity index (χ3n) is 1.13. The van der Waals surface area contributed by atoms with E-state index in [2.05, 4.69) is 13.8 Å². The first kappa shape index (κ1) is 10.1. The molecule has 0 aromatic heterocycles. The quantitative estimate of drug-likeness (QED) is 0.591. The summed E-state index contributed by atoms with van der Waals surface area (Å²) in [6, 6.07) is 0. The van der Waals surface area contributed by atoms with Gasteiger partial charge in [-0.1, -0.05) is 24.3 Å². The summed E-state index contributed by atoms with van der Waals surface area (Å²) in [5, 5.41) is 0. The van der Waals surface area contributed by atoms with Gasteiger partial charge in [0.1, 0.15) is 0 Å². The SMILES string of the molecule is C[CH2][Ga][CH2]C.[CH]1C=CC=C1. The summed E-state index contributed by atoms with van der Waals surface area (Å²) in [6.45, 7) is 4.56. The van der Waals surface area contributed by atoms with Gasteiger partial charge < -0.3 is 0 Å². The molecule has 0 saturated heterocycles. The van der Waals surface area contributed by atoms with E-state index in [0.717, 1.165) is 0 Å². The number of allylic oxidation sites excluding steroid dienone is 4. The summed E-state index contributed by atoms with van der Waals surface area (Å²) in [5.74, 6) is 0. The zero-order chi connectivity index (χ0) is 7.66. The van der Waals surface area contributed by atoms with E-state index in [1.54, 1.807) is 0 Å². The second kappa shape index (κ2) is 9.12. The fourth-order valence-electron chi connectivity index (χ4n) is 0.609. The van der Waals surface area contributed by atoms with Crippen molar-refractivity contribution < 1.29 is 0 Å². The van der Waals surface area contributed by atoms with Gasteiger partial charge in [-0.15, -0.1) is 0 Å². The maximum absolute atomic E-state index is 2.28. The molecule has 1 rings (SSSR count). The van der Waals surface area contributed by atoms with Crippen LogP contribution in [0.2, 0.25) is 9.95 Å². The van der Waals surface area contributed by atoms with Gasteiger partial charge in [0, 0.05) is 6.42 Å². The summed E-state index contributed by atoms with van der Waals surface area (Å²) < 4.78 is 0. The minimum Gasteiger partial charge on any atom is -0.0767 e. The van der Waals surface area contributed by atoms with Gasteiger partial charge in [0.2, 0.25) is 0 Å². The molecule has 1 aliphatic carbocycles. The van der Waals surface area contributed by atoms with Crippen LogP contribution in [-0.4, -0.2) is 17.4 Å². The number of rotatable bonds is 2. The predicted octanol–water partition coefficient (Wildman–Crippen LogP) is 2.88. The van der Waals surface area contributed by atoms with Crippen LogP contribution in [-0.2, 0) is 0 Å². The first-order valence-corrected chi connectivity index (χ1v) is 7.32. The molecule has 54 valence electrons. The van der Waals surface area contributed by atoms with Gasteiger partial charge in [-0.05, 0) is 0 Å². The Morgan fingerprint density at radius 1 is 0.900 bits per heavy atom. The Labute approximate surface area is 72.2 Å². The van der Waals surface area contributed by atoms with Crippen LogP contribution in [0.5, 0.6) is 0 Å². The van der Waals surface area contributed by atoms with Crippen molar-refractivity contribution in [2.75, 3.05) is 0 Å². The molecule has 10 heavy (non-hydrogen) atoms. The van der Waals surface area contributed by atoms with E-state index in [1.165, 1.54) is 9.95 Å². The molecule has 0 aliphatic heterocycles.